The number of rotatable bonds is 8. The zero-order valence-electron chi connectivity index (χ0n) is 17.6. The van der Waals surface area contributed by atoms with Crippen LogP contribution in [0.15, 0.2) is 54.9 Å². The van der Waals surface area contributed by atoms with Gasteiger partial charge in [0.05, 0.1) is 19.9 Å². The second kappa shape index (κ2) is 9.21. The minimum absolute atomic E-state index is 0.0860. The lowest BCUT2D eigenvalue weighted by Crippen LogP contribution is -2.32. The van der Waals surface area contributed by atoms with Crippen LogP contribution in [0, 0.1) is 0 Å². The van der Waals surface area contributed by atoms with E-state index in [4.69, 9.17) is 9.47 Å². The second-order valence-corrected chi connectivity index (χ2v) is 6.87. The van der Waals surface area contributed by atoms with Gasteiger partial charge in [0, 0.05) is 18.7 Å². The smallest absolute Gasteiger partial charge is 0.254 e. The van der Waals surface area contributed by atoms with Gasteiger partial charge in [-0.3, -0.25) is 4.79 Å². The first kappa shape index (κ1) is 21.0. The fourth-order valence-electron chi connectivity index (χ4n) is 3.16. The van der Waals surface area contributed by atoms with Crippen molar-refractivity contribution in [2.75, 3.05) is 27.3 Å². The molecule has 0 aliphatic heterocycles. The zero-order valence-corrected chi connectivity index (χ0v) is 17.6. The largest absolute Gasteiger partial charge is 0.493 e. The average Bonchev–Trinajstić information content (AvgIpc) is 3.31. The van der Waals surface area contributed by atoms with Crippen molar-refractivity contribution in [1.82, 2.24) is 25.1 Å². The SMILES string of the molecule is C=C(C)CN(CC)C(=O)c1cc(-c2ccc(OC)c(OC)c2)cc(-n2cnnn2)c1. The van der Waals surface area contributed by atoms with Gasteiger partial charge in [-0.1, -0.05) is 18.2 Å². The Balaban J connectivity index is 2.12. The molecule has 1 aromatic heterocycles. The van der Waals surface area contributed by atoms with E-state index in [1.54, 1.807) is 25.2 Å². The van der Waals surface area contributed by atoms with Crippen LogP contribution in [-0.2, 0) is 0 Å². The predicted octanol–water partition coefficient (Wildman–Crippen LogP) is 3.38. The number of ether oxygens (including phenoxy) is 2. The van der Waals surface area contributed by atoms with E-state index in [-0.39, 0.29) is 5.91 Å². The molecule has 0 radical (unpaired) electrons. The van der Waals surface area contributed by atoms with Gasteiger partial charge in [-0.05, 0) is 65.7 Å². The standard InChI is InChI=1S/C22H25N5O3/c1-6-26(13-15(2)3)22(28)18-9-17(10-19(11-18)27-14-23-24-25-27)16-7-8-20(29-4)21(12-16)30-5/h7-12,14H,2,6,13H2,1,3-5H3. The van der Waals surface area contributed by atoms with Gasteiger partial charge in [0.1, 0.15) is 6.33 Å². The van der Waals surface area contributed by atoms with Gasteiger partial charge in [0.15, 0.2) is 11.5 Å². The summed E-state index contributed by atoms with van der Waals surface area (Å²) in [7, 11) is 3.18. The number of tetrazole rings is 1. The zero-order chi connectivity index (χ0) is 21.7. The van der Waals surface area contributed by atoms with Crippen LogP contribution in [0.2, 0.25) is 0 Å². The molecule has 0 fully saturated rings. The molecular formula is C22H25N5O3. The fraction of sp³-hybridized carbons (Fsp3) is 0.273. The van der Waals surface area contributed by atoms with Crippen molar-refractivity contribution in [2.24, 2.45) is 0 Å². The highest BCUT2D eigenvalue weighted by atomic mass is 16.5. The van der Waals surface area contributed by atoms with Crippen molar-refractivity contribution in [3.63, 3.8) is 0 Å². The van der Waals surface area contributed by atoms with E-state index in [2.05, 4.69) is 22.1 Å². The van der Waals surface area contributed by atoms with Crippen LogP contribution in [0.3, 0.4) is 0 Å². The van der Waals surface area contributed by atoms with E-state index < -0.39 is 0 Å². The molecule has 30 heavy (non-hydrogen) atoms. The Bertz CT molecular complexity index is 1050. The Hall–Kier alpha value is -3.68. The third-order valence-electron chi connectivity index (χ3n) is 4.62. The average molecular weight is 407 g/mol. The third kappa shape index (κ3) is 4.48. The summed E-state index contributed by atoms with van der Waals surface area (Å²) in [5.41, 5.74) is 3.85. The van der Waals surface area contributed by atoms with Gasteiger partial charge < -0.3 is 14.4 Å². The first-order chi connectivity index (χ1) is 14.5. The van der Waals surface area contributed by atoms with Gasteiger partial charge >= 0.3 is 0 Å². The lowest BCUT2D eigenvalue weighted by atomic mass is 10.0. The van der Waals surface area contributed by atoms with Crippen molar-refractivity contribution < 1.29 is 14.3 Å². The van der Waals surface area contributed by atoms with Gasteiger partial charge in [0.2, 0.25) is 0 Å². The monoisotopic (exact) mass is 407 g/mol. The van der Waals surface area contributed by atoms with E-state index in [0.717, 1.165) is 16.7 Å². The maximum atomic E-state index is 13.2. The number of hydrogen-bond acceptors (Lipinski definition) is 6. The quantitative estimate of drug-likeness (QED) is 0.533. The van der Waals surface area contributed by atoms with Crippen molar-refractivity contribution in [1.29, 1.82) is 0 Å². The number of carbonyl (C=O) groups is 1. The minimum Gasteiger partial charge on any atom is -0.493 e. The number of nitrogens with zero attached hydrogens (tertiary/aromatic N) is 5. The van der Waals surface area contributed by atoms with Gasteiger partial charge in [0.25, 0.3) is 5.91 Å². The van der Waals surface area contributed by atoms with Crippen LogP contribution in [0.5, 0.6) is 11.5 Å². The lowest BCUT2D eigenvalue weighted by Gasteiger charge is -2.22. The van der Waals surface area contributed by atoms with Crippen LogP contribution >= 0.6 is 0 Å². The molecule has 0 saturated heterocycles. The minimum atomic E-state index is -0.0860. The Labute approximate surface area is 175 Å². The number of methoxy groups -OCH3 is 2. The second-order valence-electron chi connectivity index (χ2n) is 6.87. The van der Waals surface area contributed by atoms with Crippen LogP contribution in [0.1, 0.15) is 24.2 Å². The lowest BCUT2D eigenvalue weighted by molar-refractivity contribution is 0.0778. The van der Waals surface area contributed by atoms with Crippen LogP contribution in [-0.4, -0.2) is 58.3 Å². The topological polar surface area (TPSA) is 82.4 Å². The molecule has 0 aliphatic carbocycles. The summed E-state index contributed by atoms with van der Waals surface area (Å²) in [6, 6.07) is 11.2. The molecular weight excluding hydrogens is 382 g/mol. The molecule has 8 nitrogen and oxygen atoms in total. The molecule has 2 aromatic carbocycles. The fourth-order valence-corrected chi connectivity index (χ4v) is 3.16. The number of amides is 1. The molecule has 0 bridgehead atoms. The summed E-state index contributed by atoms with van der Waals surface area (Å²) in [6.45, 7) is 8.85. The highest BCUT2D eigenvalue weighted by Gasteiger charge is 2.18. The summed E-state index contributed by atoms with van der Waals surface area (Å²) in [6.07, 6.45) is 1.49. The molecule has 3 aromatic rings. The van der Waals surface area contributed by atoms with Crippen LogP contribution in [0.25, 0.3) is 16.8 Å². The number of carbonyl (C=O) groups excluding carboxylic acids is 1. The number of benzene rings is 2. The highest BCUT2D eigenvalue weighted by Crippen LogP contribution is 2.33. The van der Waals surface area contributed by atoms with Crippen LogP contribution < -0.4 is 9.47 Å². The molecule has 0 unspecified atom stereocenters. The van der Waals surface area contributed by atoms with Gasteiger partial charge in [-0.2, -0.15) is 0 Å². The molecule has 0 spiro atoms. The summed E-state index contributed by atoms with van der Waals surface area (Å²) in [5.74, 6) is 1.15. The number of hydrogen-bond donors (Lipinski definition) is 0. The van der Waals surface area contributed by atoms with Crippen molar-refractivity contribution in [2.45, 2.75) is 13.8 Å². The summed E-state index contributed by atoms with van der Waals surface area (Å²) < 4.78 is 12.3. The van der Waals surface area contributed by atoms with Gasteiger partial charge in [-0.15, -0.1) is 5.10 Å². The van der Waals surface area contributed by atoms with E-state index in [1.807, 2.05) is 44.2 Å². The van der Waals surface area contributed by atoms with Crippen molar-refractivity contribution in [3.05, 3.63) is 60.4 Å². The molecule has 0 atom stereocenters. The first-order valence-electron chi connectivity index (χ1n) is 9.51. The predicted molar refractivity (Wildman–Crippen MR) is 114 cm³/mol. The summed E-state index contributed by atoms with van der Waals surface area (Å²) >= 11 is 0. The van der Waals surface area contributed by atoms with E-state index in [1.165, 1.54) is 11.0 Å². The first-order valence-corrected chi connectivity index (χ1v) is 9.51. The van der Waals surface area contributed by atoms with Crippen molar-refractivity contribution in [3.8, 4) is 28.3 Å². The Morgan fingerprint density at radius 2 is 1.87 bits per heavy atom. The Morgan fingerprint density at radius 3 is 2.47 bits per heavy atom. The maximum absolute atomic E-state index is 13.2. The summed E-state index contributed by atoms with van der Waals surface area (Å²) in [4.78, 5) is 15.0. The van der Waals surface area contributed by atoms with E-state index >= 15 is 0 Å². The molecule has 8 heteroatoms. The molecule has 1 amide bonds. The summed E-state index contributed by atoms with van der Waals surface area (Å²) in [5, 5.41) is 11.4. The highest BCUT2D eigenvalue weighted by molar-refractivity contribution is 5.96. The van der Waals surface area contributed by atoms with E-state index in [0.29, 0.717) is 35.8 Å². The Morgan fingerprint density at radius 1 is 1.10 bits per heavy atom. The van der Waals surface area contributed by atoms with Gasteiger partial charge in [-0.25, -0.2) is 4.68 Å². The Kier molecular flexibility index (Phi) is 6.46. The normalized spacial score (nSPS) is 10.5. The van der Waals surface area contributed by atoms with E-state index in [9.17, 15) is 4.79 Å². The molecule has 156 valence electrons. The molecule has 1 heterocycles. The maximum Gasteiger partial charge on any atom is 0.254 e. The number of aromatic nitrogens is 4. The number of likely N-dealkylation sites (N-methyl/N-ethyl adjacent to an activating group) is 1. The van der Waals surface area contributed by atoms with Crippen molar-refractivity contribution >= 4 is 5.91 Å². The molecule has 0 N–H and O–H groups in total. The van der Waals surface area contributed by atoms with Crippen LogP contribution in [0.4, 0.5) is 0 Å². The third-order valence-corrected chi connectivity index (χ3v) is 4.62. The molecule has 0 saturated carbocycles. The molecule has 0 aliphatic rings. The molecule has 3 rings (SSSR count).